The third-order valence-electron chi connectivity index (χ3n) is 6.08. The van der Waals surface area contributed by atoms with Crippen LogP contribution in [0.3, 0.4) is 0 Å². The Balaban J connectivity index is 1.46. The van der Waals surface area contributed by atoms with Gasteiger partial charge in [0.1, 0.15) is 5.65 Å². The molecule has 0 bridgehead atoms. The number of H-pyrrole nitrogens is 1. The number of anilines is 1. The number of benzene rings is 1. The second-order valence-electron chi connectivity index (χ2n) is 8.08. The molecule has 1 amide bonds. The molecule has 1 fully saturated rings. The molecular weight excluding hydrogens is 402 g/mol. The van der Waals surface area contributed by atoms with Crippen LogP contribution in [0.5, 0.6) is 0 Å². The van der Waals surface area contributed by atoms with Crippen molar-refractivity contribution < 1.29 is 9.53 Å². The van der Waals surface area contributed by atoms with Gasteiger partial charge in [0.05, 0.1) is 18.9 Å². The van der Waals surface area contributed by atoms with E-state index < -0.39 is 0 Å². The van der Waals surface area contributed by atoms with Gasteiger partial charge in [-0.1, -0.05) is 12.1 Å². The Bertz CT molecular complexity index is 1020. The molecule has 1 aliphatic rings. The minimum Gasteiger partial charge on any atom is -0.384 e. The average molecular weight is 436 g/mol. The first-order valence-electron chi connectivity index (χ1n) is 11.6. The normalized spacial score (nSPS) is 14.6. The number of morpholine rings is 1. The van der Waals surface area contributed by atoms with Crippen LogP contribution in [0.25, 0.3) is 22.3 Å². The van der Waals surface area contributed by atoms with Gasteiger partial charge in [0.25, 0.3) is 5.91 Å². The van der Waals surface area contributed by atoms with Crippen LogP contribution >= 0.6 is 0 Å². The van der Waals surface area contributed by atoms with Gasteiger partial charge in [-0.15, -0.1) is 0 Å². The van der Waals surface area contributed by atoms with Crippen molar-refractivity contribution in [3.05, 3.63) is 48.2 Å². The van der Waals surface area contributed by atoms with E-state index in [9.17, 15) is 4.79 Å². The molecule has 0 saturated carbocycles. The first kappa shape index (κ1) is 22.3. The fraction of sp³-hybridized carbons (Fsp3) is 0.440. The highest BCUT2D eigenvalue weighted by molar-refractivity contribution is 5.95. The van der Waals surface area contributed by atoms with Crippen molar-refractivity contribution in [2.24, 2.45) is 0 Å². The van der Waals surface area contributed by atoms with Gasteiger partial charge in [-0.05, 0) is 51.1 Å². The molecule has 4 rings (SSSR count). The summed E-state index contributed by atoms with van der Waals surface area (Å²) in [5.74, 6) is 0.0666. The number of amides is 1. The van der Waals surface area contributed by atoms with Crippen molar-refractivity contribution in [1.29, 1.82) is 0 Å². The van der Waals surface area contributed by atoms with E-state index in [-0.39, 0.29) is 5.91 Å². The maximum atomic E-state index is 12.6. The molecule has 1 aromatic carbocycles. The zero-order valence-corrected chi connectivity index (χ0v) is 19.1. The van der Waals surface area contributed by atoms with Gasteiger partial charge in [-0.25, -0.2) is 4.98 Å². The van der Waals surface area contributed by atoms with Gasteiger partial charge in [-0.3, -0.25) is 9.69 Å². The van der Waals surface area contributed by atoms with Crippen LogP contribution in [0, 0.1) is 0 Å². The Morgan fingerprint density at radius 1 is 1.16 bits per heavy atom. The van der Waals surface area contributed by atoms with E-state index in [1.54, 1.807) is 0 Å². The predicted molar refractivity (Wildman–Crippen MR) is 129 cm³/mol. The van der Waals surface area contributed by atoms with Crippen LogP contribution in [-0.2, 0) is 4.74 Å². The molecule has 32 heavy (non-hydrogen) atoms. The monoisotopic (exact) mass is 435 g/mol. The number of nitrogens with one attached hydrogen (secondary N) is 2. The van der Waals surface area contributed by atoms with Crippen LogP contribution in [-0.4, -0.2) is 78.2 Å². The molecule has 170 valence electrons. The molecule has 7 nitrogen and oxygen atoms in total. The van der Waals surface area contributed by atoms with Crippen LogP contribution in [0.1, 0.15) is 30.6 Å². The van der Waals surface area contributed by atoms with Gasteiger partial charge in [0.2, 0.25) is 0 Å². The summed E-state index contributed by atoms with van der Waals surface area (Å²) in [5.41, 5.74) is 4.53. The summed E-state index contributed by atoms with van der Waals surface area (Å²) < 4.78 is 5.42. The lowest BCUT2D eigenvalue weighted by molar-refractivity contribution is 0.0378. The Morgan fingerprint density at radius 3 is 2.62 bits per heavy atom. The maximum Gasteiger partial charge on any atom is 0.253 e. The fourth-order valence-corrected chi connectivity index (χ4v) is 4.16. The Hall–Kier alpha value is -2.90. The lowest BCUT2D eigenvalue weighted by Crippen LogP contribution is -2.37. The minimum absolute atomic E-state index is 0.0666. The first-order valence-corrected chi connectivity index (χ1v) is 11.6. The molecule has 1 saturated heterocycles. The third-order valence-corrected chi connectivity index (χ3v) is 6.08. The van der Waals surface area contributed by atoms with Gasteiger partial charge in [0.15, 0.2) is 0 Å². The second kappa shape index (κ2) is 10.6. The van der Waals surface area contributed by atoms with Crippen molar-refractivity contribution in [2.45, 2.75) is 20.3 Å². The van der Waals surface area contributed by atoms with Crippen LogP contribution in [0.2, 0.25) is 0 Å². The molecule has 3 heterocycles. The maximum absolute atomic E-state index is 12.6. The largest absolute Gasteiger partial charge is 0.384 e. The quantitative estimate of drug-likeness (QED) is 0.500. The number of carbonyl (C=O) groups excluding carboxylic acids is 1. The number of rotatable bonds is 9. The number of ether oxygens (including phenoxy) is 1. The van der Waals surface area contributed by atoms with E-state index in [1.807, 2.05) is 49.2 Å². The molecule has 2 aromatic heterocycles. The molecule has 0 atom stereocenters. The van der Waals surface area contributed by atoms with Crippen LogP contribution < -0.4 is 5.32 Å². The fourth-order valence-electron chi connectivity index (χ4n) is 4.16. The lowest BCUT2D eigenvalue weighted by Gasteiger charge is -2.26. The van der Waals surface area contributed by atoms with Gasteiger partial charge >= 0.3 is 0 Å². The highest BCUT2D eigenvalue weighted by Gasteiger charge is 2.14. The molecule has 1 aliphatic heterocycles. The molecule has 3 aromatic rings. The lowest BCUT2D eigenvalue weighted by atomic mass is 10.1. The van der Waals surface area contributed by atoms with Gasteiger partial charge in [-0.2, -0.15) is 0 Å². The van der Waals surface area contributed by atoms with Crippen molar-refractivity contribution in [2.75, 3.05) is 57.8 Å². The van der Waals surface area contributed by atoms with Crippen LogP contribution in [0.15, 0.2) is 42.6 Å². The number of pyridine rings is 1. The van der Waals surface area contributed by atoms with Crippen molar-refractivity contribution >= 4 is 22.6 Å². The number of fused-ring (bicyclic) bond motifs is 1. The summed E-state index contributed by atoms with van der Waals surface area (Å²) in [6.45, 7) is 11.1. The SMILES string of the molecule is CCN(CC)C(=O)c1ccc(-c2cc(NCCCN3CCOCC3)c3cc[nH]c3n2)cc1. The Morgan fingerprint density at radius 2 is 1.91 bits per heavy atom. The number of hydrogen-bond donors (Lipinski definition) is 2. The summed E-state index contributed by atoms with van der Waals surface area (Å²) in [5, 5.41) is 4.70. The zero-order valence-electron chi connectivity index (χ0n) is 19.1. The van der Waals surface area contributed by atoms with Crippen LogP contribution in [0.4, 0.5) is 5.69 Å². The van der Waals surface area contributed by atoms with E-state index >= 15 is 0 Å². The number of hydrogen-bond acceptors (Lipinski definition) is 5. The standard InChI is InChI=1S/C25H33N5O2/c1-3-30(4-2)25(31)20-8-6-19(7-9-20)22-18-23(21-10-12-27-24(21)28-22)26-11-5-13-29-14-16-32-17-15-29/h6-10,12,18H,3-5,11,13-17H2,1-2H3,(H2,26,27,28). The Labute approximate surface area is 189 Å². The number of carbonyl (C=O) groups is 1. The number of aromatic amines is 1. The average Bonchev–Trinajstić information content (AvgIpc) is 3.32. The second-order valence-corrected chi connectivity index (χ2v) is 8.08. The van der Waals surface area contributed by atoms with E-state index in [2.05, 4.69) is 27.3 Å². The van der Waals surface area contributed by atoms with E-state index in [1.165, 1.54) is 0 Å². The summed E-state index contributed by atoms with van der Waals surface area (Å²) >= 11 is 0. The van der Waals surface area contributed by atoms with Crippen molar-refractivity contribution in [3.63, 3.8) is 0 Å². The first-order chi connectivity index (χ1) is 15.7. The molecule has 0 radical (unpaired) electrons. The summed E-state index contributed by atoms with van der Waals surface area (Å²) in [7, 11) is 0. The predicted octanol–water partition coefficient (Wildman–Crippen LogP) is 3.85. The third kappa shape index (κ3) is 5.11. The summed E-state index contributed by atoms with van der Waals surface area (Å²) in [6.07, 6.45) is 3.00. The molecule has 0 spiro atoms. The molecule has 0 unspecified atom stereocenters. The van der Waals surface area contributed by atoms with E-state index in [0.29, 0.717) is 18.7 Å². The highest BCUT2D eigenvalue weighted by Crippen LogP contribution is 2.28. The molecule has 7 heteroatoms. The number of aromatic nitrogens is 2. The smallest absolute Gasteiger partial charge is 0.253 e. The summed E-state index contributed by atoms with van der Waals surface area (Å²) in [4.78, 5) is 24.9. The Kier molecular flexibility index (Phi) is 7.39. The topological polar surface area (TPSA) is 73.5 Å². The van der Waals surface area contributed by atoms with Gasteiger partial charge in [0, 0.05) is 61.1 Å². The molecule has 0 aliphatic carbocycles. The highest BCUT2D eigenvalue weighted by atomic mass is 16.5. The zero-order chi connectivity index (χ0) is 22.3. The van der Waals surface area contributed by atoms with E-state index in [4.69, 9.17) is 9.72 Å². The van der Waals surface area contributed by atoms with E-state index in [0.717, 1.165) is 73.8 Å². The molecule has 2 N–H and O–H groups in total. The molecular formula is C25H33N5O2. The van der Waals surface area contributed by atoms with Crippen molar-refractivity contribution in [1.82, 2.24) is 19.8 Å². The van der Waals surface area contributed by atoms with Gasteiger partial charge < -0.3 is 19.9 Å². The number of nitrogens with zero attached hydrogens (tertiary/aromatic N) is 3. The minimum atomic E-state index is 0.0666. The van der Waals surface area contributed by atoms with Crippen molar-refractivity contribution in [3.8, 4) is 11.3 Å². The summed E-state index contributed by atoms with van der Waals surface area (Å²) in [6, 6.07) is 11.9.